The van der Waals surface area contributed by atoms with Crippen LogP contribution >= 0.6 is 39.1 Å². The molecule has 0 heterocycles. The number of hydrogen-bond donors (Lipinski definition) is 5. The lowest BCUT2D eigenvalue weighted by Crippen LogP contribution is -1.71. The first-order valence-electron chi connectivity index (χ1n) is 5.30. The maximum absolute atomic E-state index is 8.99. The number of aliphatic hydroxyl groups excluding tert-OH is 1. The van der Waals surface area contributed by atoms with Crippen LogP contribution in [0, 0.1) is 0 Å². The smallest absolute Gasteiger partial charge is 0.135 e. The van der Waals surface area contributed by atoms with Crippen LogP contribution in [0.3, 0.4) is 0 Å². The minimum atomic E-state index is -0.0648. The molecule has 2 aromatic carbocycles. The lowest BCUT2D eigenvalue weighted by atomic mass is 10.3. The minimum Gasteiger partial charge on any atom is -0.508 e. The van der Waals surface area contributed by atoms with Gasteiger partial charge in [-0.2, -0.15) is 0 Å². The molecule has 2 rings (SSSR count). The van der Waals surface area contributed by atoms with Gasteiger partial charge < -0.3 is 25.5 Å². The first-order valence-corrected chi connectivity index (χ1v) is 6.84. The van der Waals surface area contributed by atoms with Gasteiger partial charge in [0, 0.05) is 23.2 Å². The summed E-state index contributed by atoms with van der Waals surface area (Å²) >= 11 is 13.9. The molecule has 0 saturated carbocycles. The lowest BCUT2D eigenvalue weighted by molar-refractivity contribution is 0.399. The van der Waals surface area contributed by atoms with Crippen molar-refractivity contribution in [1.82, 2.24) is 0 Å². The van der Waals surface area contributed by atoms with Crippen molar-refractivity contribution in [3.8, 4) is 23.0 Å². The molecule has 0 saturated heterocycles. The molecule has 5 nitrogen and oxygen atoms in total. The van der Waals surface area contributed by atoms with Gasteiger partial charge in [-0.15, -0.1) is 0 Å². The second-order valence-corrected chi connectivity index (χ2v) is 5.09. The van der Waals surface area contributed by atoms with E-state index in [2.05, 4.69) is 15.9 Å². The number of rotatable bonds is 0. The Morgan fingerprint density at radius 3 is 1.38 bits per heavy atom. The zero-order chi connectivity index (χ0) is 16.6. The Hall–Kier alpha value is -1.34. The molecule has 5 N–H and O–H groups in total. The van der Waals surface area contributed by atoms with Gasteiger partial charge in [0.15, 0.2) is 0 Å². The average Bonchev–Trinajstić information content (AvgIpc) is 2.37. The van der Waals surface area contributed by atoms with Gasteiger partial charge in [-0.3, -0.25) is 0 Å². The Bertz CT molecular complexity index is 519. The van der Waals surface area contributed by atoms with Crippen LogP contribution in [-0.2, 0) is 0 Å². The summed E-state index contributed by atoms with van der Waals surface area (Å²) in [4.78, 5) is 0. The summed E-state index contributed by atoms with van der Waals surface area (Å²) in [7, 11) is 1.00. The number of aliphatic hydroxyl groups is 1. The second kappa shape index (κ2) is 9.57. The molecule has 0 radical (unpaired) electrons. The highest BCUT2D eigenvalue weighted by atomic mass is 79.9. The fourth-order valence-electron chi connectivity index (χ4n) is 1.12. The maximum Gasteiger partial charge on any atom is 0.135 e. The molecule has 0 aliphatic heterocycles. The average molecular weight is 400 g/mol. The largest absolute Gasteiger partial charge is 0.508 e. The Balaban J connectivity index is 0.000000342. The fourth-order valence-corrected chi connectivity index (χ4v) is 1.78. The van der Waals surface area contributed by atoms with Gasteiger partial charge in [0.05, 0.1) is 0 Å². The Kier molecular flexibility index (Phi) is 8.96. The Morgan fingerprint density at radius 1 is 0.714 bits per heavy atom. The van der Waals surface area contributed by atoms with E-state index in [-0.39, 0.29) is 27.5 Å². The van der Waals surface area contributed by atoms with Gasteiger partial charge in [-0.1, -0.05) is 23.2 Å². The summed E-state index contributed by atoms with van der Waals surface area (Å²) in [5, 5.41) is 43.1. The van der Waals surface area contributed by atoms with E-state index >= 15 is 0 Å². The first kappa shape index (κ1) is 19.7. The maximum atomic E-state index is 8.99. The SMILES string of the molecule is CO.Oc1cc(Cl)cc(O)c1Br.Oc1cc(O)cc(Cl)c1. The van der Waals surface area contributed by atoms with E-state index in [0.29, 0.717) is 10.0 Å². The van der Waals surface area contributed by atoms with Crippen molar-refractivity contribution in [1.29, 1.82) is 0 Å². The molecule has 116 valence electrons. The molecular weight excluding hydrogens is 387 g/mol. The standard InChI is InChI=1S/C6H4BrClO2.C6H5ClO2.CH4O/c7-6-4(9)1-3(8)2-5(6)10;7-4-1-5(8)3-6(9)2-4;1-2/h1-2,9-10H;1-3,8-9H;2H,1H3. The van der Waals surface area contributed by atoms with E-state index in [4.69, 9.17) is 48.7 Å². The minimum absolute atomic E-state index is 0.0278. The molecule has 8 heteroatoms. The molecule has 2 aromatic rings. The predicted octanol–water partition coefficient (Wildman–Crippen LogP) is 3.87. The van der Waals surface area contributed by atoms with Crippen molar-refractivity contribution in [2.75, 3.05) is 7.11 Å². The zero-order valence-corrected chi connectivity index (χ0v) is 13.9. The molecule has 0 amide bonds. The molecule has 0 aliphatic carbocycles. The zero-order valence-electron chi connectivity index (χ0n) is 10.8. The monoisotopic (exact) mass is 398 g/mol. The summed E-state index contributed by atoms with van der Waals surface area (Å²) in [6, 6.07) is 6.59. The third-order valence-corrected chi connectivity index (χ3v) is 3.12. The number of halogens is 3. The Morgan fingerprint density at radius 2 is 1.05 bits per heavy atom. The first-order chi connectivity index (χ1) is 9.79. The molecule has 0 aromatic heterocycles. The van der Waals surface area contributed by atoms with E-state index in [0.717, 1.165) is 7.11 Å². The summed E-state index contributed by atoms with van der Waals surface area (Å²) < 4.78 is 0.261. The molecule has 0 spiro atoms. The second-order valence-electron chi connectivity index (χ2n) is 3.43. The van der Waals surface area contributed by atoms with Crippen LogP contribution in [0.2, 0.25) is 10.0 Å². The highest BCUT2D eigenvalue weighted by Crippen LogP contribution is 2.35. The van der Waals surface area contributed by atoms with E-state index < -0.39 is 0 Å². The normalized spacial score (nSPS) is 9.00. The van der Waals surface area contributed by atoms with Gasteiger partial charge in [-0.05, 0) is 40.2 Å². The van der Waals surface area contributed by atoms with Gasteiger partial charge in [0.25, 0.3) is 0 Å². The highest BCUT2D eigenvalue weighted by molar-refractivity contribution is 9.10. The van der Waals surface area contributed by atoms with Crippen molar-refractivity contribution in [3.63, 3.8) is 0 Å². The van der Waals surface area contributed by atoms with Crippen LogP contribution in [0.1, 0.15) is 0 Å². The third-order valence-electron chi connectivity index (χ3n) is 1.87. The number of benzene rings is 2. The van der Waals surface area contributed by atoms with Gasteiger partial charge in [0.1, 0.15) is 27.5 Å². The summed E-state index contributed by atoms with van der Waals surface area (Å²) in [6.45, 7) is 0. The molecule has 0 atom stereocenters. The van der Waals surface area contributed by atoms with Crippen LogP contribution in [0.4, 0.5) is 0 Å². The number of hydrogen-bond acceptors (Lipinski definition) is 5. The van der Waals surface area contributed by atoms with Crippen LogP contribution in [0.15, 0.2) is 34.8 Å². The fraction of sp³-hybridized carbons (Fsp3) is 0.0769. The molecule has 0 unspecified atom stereocenters. The van der Waals surface area contributed by atoms with Crippen LogP contribution < -0.4 is 0 Å². The third kappa shape index (κ3) is 7.29. The molecular formula is C13H13BrCl2O5. The topological polar surface area (TPSA) is 101 Å². The summed E-state index contributed by atoms with van der Waals surface area (Å²) in [5.41, 5.74) is 0. The van der Waals surface area contributed by atoms with Crippen LogP contribution in [0.25, 0.3) is 0 Å². The predicted molar refractivity (Wildman–Crippen MR) is 85.4 cm³/mol. The van der Waals surface area contributed by atoms with Crippen LogP contribution in [-0.4, -0.2) is 32.6 Å². The van der Waals surface area contributed by atoms with Gasteiger partial charge >= 0.3 is 0 Å². The van der Waals surface area contributed by atoms with Crippen molar-refractivity contribution in [2.45, 2.75) is 0 Å². The van der Waals surface area contributed by atoms with E-state index in [1.807, 2.05) is 0 Å². The summed E-state index contributed by atoms with van der Waals surface area (Å²) in [5.74, 6) is -0.185. The molecule has 21 heavy (non-hydrogen) atoms. The Labute approximate surface area is 139 Å². The number of phenolic OH excluding ortho intramolecular Hbond substituents is 4. The van der Waals surface area contributed by atoms with Gasteiger partial charge in [0.2, 0.25) is 0 Å². The molecule has 0 aliphatic rings. The number of aromatic hydroxyl groups is 4. The van der Waals surface area contributed by atoms with Crippen molar-refractivity contribution >= 4 is 39.1 Å². The van der Waals surface area contributed by atoms with Crippen LogP contribution in [0.5, 0.6) is 23.0 Å². The quantitative estimate of drug-likeness (QED) is 0.462. The van der Waals surface area contributed by atoms with Gasteiger partial charge in [-0.25, -0.2) is 0 Å². The summed E-state index contributed by atoms with van der Waals surface area (Å²) in [6.07, 6.45) is 0. The lowest BCUT2D eigenvalue weighted by Gasteiger charge is -1.99. The van der Waals surface area contributed by atoms with E-state index in [9.17, 15) is 0 Å². The molecule has 0 fully saturated rings. The van der Waals surface area contributed by atoms with Crippen molar-refractivity contribution in [2.24, 2.45) is 0 Å². The number of phenols is 4. The van der Waals surface area contributed by atoms with Crippen molar-refractivity contribution < 1.29 is 25.5 Å². The van der Waals surface area contributed by atoms with E-state index in [1.165, 1.54) is 30.3 Å². The van der Waals surface area contributed by atoms with Crippen molar-refractivity contribution in [3.05, 3.63) is 44.8 Å². The highest BCUT2D eigenvalue weighted by Gasteiger charge is 2.04. The van der Waals surface area contributed by atoms with E-state index in [1.54, 1.807) is 0 Å². The molecule has 0 bridgehead atoms.